The molecule has 0 aliphatic heterocycles. The van der Waals surface area contributed by atoms with E-state index in [1.165, 1.54) is 24.3 Å². The van der Waals surface area contributed by atoms with E-state index in [0.29, 0.717) is 11.8 Å². The second kappa shape index (κ2) is 4.36. The van der Waals surface area contributed by atoms with E-state index in [2.05, 4.69) is 4.74 Å². The lowest BCUT2D eigenvalue weighted by atomic mass is 10.2. The number of alkyl halides is 1. The van der Waals surface area contributed by atoms with Crippen LogP contribution in [0, 0.1) is 0 Å². The highest BCUT2D eigenvalue weighted by Crippen LogP contribution is 2.14. The Labute approximate surface area is 78.9 Å². The van der Waals surface area contributed by atoms with E-state index >= 15 is 0 Å². The molecule has 74 valence electrons. The number of aldehydes is 1. The summed E-state index contributed by atoms with van der Waals surface area (Å²) in [6.45, 7) is 0. The molecule has 14 heavy (non-hydrogen) atoms. The summed E-state index contributed by atoms with van der Waals surface area (Å²) in [5.74, 6) is -1.70. The fourth-order valence-electron chi connectivity index (χ4n) is 0.831. The van der Waals surface area contributed by atoms with Crippen LogP contribution in [-0.4, -0.2) is 23.7 Å². The number of ether oxygens (including phenoxy) is 1. The smallest absolute Gasteiger partial charge is 0.378 e. The van der Waals surface area contributed by atoms with E-state index < -0.39 is 12.3 Å². The molecule has 0 aliphatic carbocycles. The number of halogens is 1. The van der Waals surface area contributed by atoms with Crippen LogP contribution in [0.15, 0.2) is 24.3 Å². The van der Waals surface area contributed by atoms with Gasteiger partial charge in [0.05, 0.1) is 0 Å². The maximum Gasteiger partial charge on any atom is 0.378 e. The average molecular weight is 198 g/mol. The van der Waals surface area contributed by atoms with Crippen LogP contribution >= 0.6 is 0 Å². The molecule has 0 aliphatic rings. The van der Waals surface area contributed by atoms with Gasteiger partial charge in [-0.05, 0) is 12.1 Å². The molecule has 1 aromatic rings. The average Bonchev–Trinajstić information content (AvgIpc) is 2.18. The van der Waals surface area contributed by atoms with E-state index in [1.54, 1.807) is 0 Å². The van der Waals surface area contributed by atoms with Gasteiger partial charge in [0.25, 0.3) is 0 Å². The van der Waals surface area contributed by atoms with Gasteiger partial charge >= 0.3 is 12.3 Å². The van der Waals surface area contributed by atoms with Crippen LogP contribution in [-0.2, 0) is 4.79 Å². The van der Waals surface area contributed by atoms with Gasteiger partial charge in [-0.3, -0.25) is 4.79 Å². The van der Waals surface area contributed by atoms with Gasteiger partial charge in [-0.15, -0.1) is 0 Å². The van der Waals surface area contributed by atoms with Crippen molar-refractivity contribution in [2.75, 3.05) is 0 Å². The first-order valence-electron chi connectivity index (χ1n) is 3.72. The fourth-order valence-corrected chi connectivity index (χ4v) is 0.831. The molecule has 1 aromatic carbocycles. The third-order valence-corrected chi connectivity index (χ3v) is 1.43. The Hall–Kier alpha value is -1.91. The van der Waals surface area contributed by atoms with Crippen LogP contribution in [0.25, 0.3) is 0 Å². The van der Waals surface area contributed by atoms with Gasteiger partial charge in [0.2, 0.25) is 0 Å². The van der Waals surface area contributed by atoms with Crippen LogP contribution in [0.2, 0.25) is 0 Å². The van der Waals surface area contributed by atoms with Gasteiger partial charge < -0.3 is 9.84 Å². The van der Waals surface area contributed by atoms with Crippen molar-refractivity contribution in [1.29, 1.82) is 0 Å². The number of carboxylic acid groups (broad SMARTS) is 1. The van der Waals surface area contributed by atoms with Crippen molar-refractivity contribution in [3.63, 3.8) is 0 Å². The minimum Gasteiger partial charge on any atom is -0.476 e. The summed E-state index contributed by atoms with van der Waals surface area (Å²) in [4.78, 5) is 20.4. The number of hydrogen-bond acceptors (Lipinski definition) is 3. The zero-order chi connectivity index (χ0) is 10.6. The zero-order valence-corrected chi connectivity index (χ0v) is 7.01. The summed E-state index contributed by atoms with van der Waals surface area (Å²) in [5, 5.41) is 8.20. The molecule has 0 amide bonds. The van der Waals surface area contributed by atoms with Crippen LogP contribution in [0.1, 0.15) is 10.4 Å². The van der Waals surface area contributed by atoms with Crippen LogP contribution in [0.3, 0.4) is 0 Å². The highest BCUT2D eigenvalue weighted by atomic mass is 19.1. The summed E-state index contributed by atoms with van der Waals surface area (Å²) in [6.07, 6.45) is -1.86. The monoisotopic (exact) mass is 198 g/mol. The molecule has 0 bridgehead atoms. The lowest BCUT2D eigenvalue weighted by Crippen LogP contribution is -2.21. The minimum absolute atomic E-state index is 0.00417. The number of carbonyl (C=O) groups is 2. The molecule has 1 atom stereocenters. The van der Waals surface area contributed by atoms with Gasteiger partial charge in [-0.1, -0.05) is 12.1 Å². The molecule has 1 rings (SSSR count). The standard InChI is InChI=1S/C9H7FO4/c10-8(9(12)13)14-7-3-1-2-6(4-7)5-11/h1-5,8H,(H,12,13). The Morgan fingerprint density at radius 1 is 1.57 bits per heavy atom. The quantitative estimate of drug-likeness (QED) is 0.739. The fraction of sp³-hybridized carbons (Fsp3) is 0.111. The maximum atomic E-state index is 12.5. The first kappa shape index (κ1) is 10.2. The Kier molecular flexibility index (Phi) is 3.17. The van der Waals surface area contributed by atoms with Crippen molar-refractivity contribution < 1.29 is 23.8 Å². The number of aliphatic carboxylic acids is 1. The van der Waals surface area contributed by atoms with E-state index in [-0.39, 0.29) is 5.75 Å². The Balaban J connectivity index is 2.76. The molecule has 0 spiro atoms. The van der Waals surface area contributed by atoms with Gasteiger partial charge in [0, 0.05) is 5.56 Å². The molecule has 0 aromatic heterocycles. The van der Waals surface area contributed by atoms with Crippen molar-refractivity contribution in [1.82, 2.24) is 0 Å². The predicted molar refractivity (Wildman–Crippen MR) is 45.0 cm³/mol. The number of carbonyl (C=O) groups excluding carboxylic acids is 1. The van der Waals surface area contributed by atoms with Crippen molar-refractivity contribution in [2.45, 2.75) is 6.36 Å². The summed E-state index contributed by atoms with van der Waals surface area (Å²) < 4.78 is 16.9. The van der Waals surface area contributed by atoms with E-state index in [9.17, 15) is 14.0 Å². The molecule has 4 nitrogen and oxygen atoms in total. The first-order valence-corrected chi connectivity index (χ1v) is 3.72. The topological polar surface area (TPSA) is 63.6 Å². The van der Waals surface area contributed by atoms with Gasteiger partial charge in [0.1, 0.15) is 12.0 Å². The Bertz CT molecular complexity index is 350. The highest BCUT2D eigenvalue weighted by molar-refractivity contribution is 5.75. The van der Waals surface area contributed by atoms with Crippen molar-refractivity contribution in [3.8, 4) is 5.75 Å². The molecule has 0 saturated heterocycles. The first-order chi connectivity index (χ1) is 6.63. The number of rotatable bonds is 4. The maximum absolute atomic E-state index is 12.5. The molecule has 0 saturated carbocycles. The highest BCUT2D eigenvalue weighted by Gasteiger charge is 2.16. The molecule has 1 unspecified atom stereocenters. The lowest BCUT2D eigenvalue weighted by Gasteiger charge is -2.06. The van der Waals surface area contributed by atoms with Gasteiger partial charge in [-0.2, -0.15) is 4.39 Å². The normalized spacial score (nSPS) is 11.8. The second-order valence-electron chi connectivity index (χ2n) is 2.46. The van der Waals surface area contributed by atoms with Crippen LogP contribution < -0.4 is 4.74 Å². The molecule has 0 radical (unpaired) electrons. The molecule has 5 heteroatoms. The molecule has 1 N–H and O–H groups in total. The van der Waals surface area contributed by atoms with E-state index in [0.717, 1.165) is 0 Å². The Morgan fingerprint density at radius 2 is 2.29 bits per heavy atom. The lowest BCUT2D eigenvalue weighted by molar-refractivity contribution is -0.153. The van der Waals surface area contributed by atoms with Crippen molar-refractivity contribution >= 4 is 12.3 Å². The summed E-state index contributed by atoms with van der Waals surface area (Å²) in [6, 6.07) is 5.58. The zero-order valence-electron chi connectivity index (χ0n) is 7.01. The second-order valence-corrected chi connectivity index (χ2v) is 2.46. The molecular weight excluding hydrogens is 191 g/mol. The number of hydrogen-bond donors (Lipinski definition) is 1. The number of benzene rings is 1. The summed E-state index contributed by atoms with van der Waals surface area (Å²) in [5.41, 5.74) is 0.292. The van der Waals surface area contributed by atoms with E-state index in [4.69, 9.17) is 5.11 Å². The molecule has 0 fully saturated rings. The third kappa shape index (κ3) is 2.55. The van der Waals surface area contributed by atoms with Crippen molar-refractivity contribution in [3.05, 3.63) is 29.8 Å². The molecule has 0 heterocycles. The van der Waals surface area contributed by atoms with Crippen LogP contribution in [0.4, 0.5) is 4.39 Å². The largest absolute Gasteiger partial charge is 0.476 e. The Morgan fingerprint density at radius 3 is 2.86 bits per heavy atom. The summed E-state index contributed by atoms with van der Waals surface area (Å²) >= 11 is 0. The van der Waals surface area contributed by atoms with Gasteiger partial charge in [0.15, 0.2) is 0 Å². The SMILES string of the molecule is O=Cc1cccc(OC(F)C(=O)O)c1. The number of carboxylic acids is 1. The van der Waals surface area contributed by atoms with Gasteiger partial charge in [-0.25, -0.2) is 4.79 Å². The predicted octanol–water partition coefficient (Wildman–Crippen LogP) is 1.26. The third-order valence-electron chi connectivity index (χ3n) is 1.43. The summed E-state index contributed by atoms with van der Waals surface area (Å²) in [7, 11) is 0. The molecular formula is C9H7FO4. The van der Waals surface area contributed by atoms with E-state index in [1.807, 2.05) is 0 Å². The van der Waals surface area contributed by atoms with Crippen LogP contribution in [0.5, 0.6) is 5.75 Å². The minimum atomic E-state index is -2.42. The van der Waals surface area contributed by atoms with Crippen molar-refractivity contribution in [2.24, 2.45) is 0 Å².